The number of carbonyl (C=O) groups is 3. The Kier molecular flexibility index (Phi) is 6.20. The molecule has 1 aliphatic carbocycles. The molecule has 9 heteroatoms. The Labute approximate surface area is 203 Å². The van der Waals surface area contributed by atoms with E-state index in [2.05, 4.69) is 4.98 Å². The average molecular weight is 481 g/mol. The molecule has 1 saturated carbocycles. The first-order valence-electron chi connectivity index (χ1n) is 11.6. The van der Waals surface area contributed by atoms with Gasteiger partial charge in [-0.3, -0.25) is 14.4 Å². The number of nitrogens with zero attached hydrogens (tertiary/aromatic N) is 4. The van der Waals surface area contributed by atoms with E-state index < -0.39 is 6.10 Å². The third kappa shape index (κ3) is 4.75. The lowest BCUT2D eigenvalue weighted by Crippen LogP contribution is -2.36. The molecule has 0 spiro atoms. The van der Waals surface area contributed by atoms with E-state index in [4.69, 9.17) is 4.74 Å². The van der Waals surface area contributed by atoms with Crippen molar-refractivity contribution in [1.29, 1.82) is 0 Å². The average Bonchev–Trinajstić information content (AvgIpc) is 3.53. The summed E-state index contributed by atoms with van der Waals surface area (Å²) in [6.07, 6.45) is 4.31. The maximum Gasteiger partial charge on any atom is 0.268 e. The van der Waals surface area contributed by atoms with E-state index in [9.17, 15) is 14.4 Å². The number of benzene rings is 1. The number of aromatic nitrogens is 1. The number of rotatable bonds is 8. The van der Waals surface area contributed by atoms with Crippen LogP contribution in [0.3, 0.4) is 0 Å². The molecule has 0 radical (unpaired) electrons. The molecule has 3 heterocycles. The van der Waals surface area contributed by atoms with Crippen molar-refractivity contribution in [3.8, 4) is 5.75 Å². The van der Waals surface area contributed by atoms with Crippen molar-refractivity contribution in [3.05, 3.63) is 47.7 Å². The fourth-order valence-electron chi connectivity index (χ4n) is 4.14. The Bertz CT molecular complexity index is 1120. The van der Waals surface area contributed by atoms with Gasteiger partial charge in [-0.25, -0.2) is 4.98 Å². The van der Waals surface area contributed by atoms with Crippen LogP contribution in [0.4, 0.5) is 5.69 Å². The zero-order chi connectivity index (χ0) is 23.8. The minimum atomic E-state index is -0.579. The predicted octanol–water partition coefficient (Wildman–Crippen LogP) is 2.81. The van der Waals surface area contributed by atoms with Crippen LogP contribution in [0.25, 0.3) is 0 Å². The highest BCUT2D eigenvalue weighted by molar-refractivity contribution is 7.99. The summed E-state index contributed by atoms with van der Waals surface area (Å²) in [7, 11) is 3.34. The monoisotopic (exact) mass is 480 g/mol. The lowest BCUT2D eigenvalue weighted by Gasteiger charge is -2.18. The molecular formula is C25H28N4O4S. The Morgan fingerprint density at radius 1 is 1.18 bits per heavy atom. The predicted molar refractivity (Wildman–Crippen MR) is 129 cm³/mol. The van der Waals surface area contributed by atoms with Gasteiger partial charge in [-0.1, -0.05) is 6.07 Å². The highest BCUT2D eigenvalue weighted by Crippen LogP contribution is 2.35. The molecule has 5 rings (SSSR count). The van der Waals surface area contributed by atoms with Crippen LogP contribution in [-0.2, 0) is 16.1 Å². The molecule has 34 heavy (non-hydrogen) atoms. The number of likely N-dealkylation sites (N-methyl/N-ethyl adjacent to an activating group) is 1. The highest BCUT2D eigenvalue weighted by Gasteiger charge is 2.36. The van der Waals surface area contributed by atoms with Gasteiger partial charge in [-0.05, 0) is 48.6 Å². The maximum atomic E-state index is 13.1. The molecule has 2 aliphatic heterocycles. The molecule has 2 fully saturated rings. The third-order valence-corrected chi connectivity index (χ3v) is 7.59. The Morgan fingerprint density at radius 2 is 2.00 bits per heavy atom. The second-order valence-electron chi connectivity index (χ2n) is 9.26. The van der Waals surface area contributed by atoms with Crippen molar-refractivity contribution in [1.82, 2.24) is 14.8 Å². The summed E-state index contributed by atoms with van der Waals surface area (Å²) in [4.78, 5) is 47.1. The number of hydrogen-bond acceptors (Lipinski definition) is 6. The van der Waals surface area contributed by atoms with Crippen molar-refractivity contribution in [3.63, 3.8) is 0 Å². The lowest BCUT2D eigenvalue weighted by molar-refractivity contribution is -0.129. The Morgan fingerprint density at radius 3 is 2.71 bits per heavy atom. The molecule has 1 aromatic heterocycles. The molecule has 0 bridgehead atoms. The van der Waals surface area contributed by atoms with Gasteiger partial charge in [0.05, 0.1) is 11.2 Å². The number of amides is 3. The normalized spacial score (nSPS) is 19.5. The van der Waals surface area contributed by atoms with Gasteiger partial charge in [0.15, 0.2) is 6.10 Å². The zero-order valence-corrected chi connectivity index (χ0v) is 20.2. The second-order valence-corrected chi connectivity index (χ2v) is 10.3. The standard InChI is InChI=1S/C25H28N4O4S/c1-27(2)23(30)14-28-13-17-5-6-18(11-20(17)24(28)31)29-10-9-21(25(29)32)33-19-7-8-22(26-12-19)34-15-16-3-4-16/h5-8,11-12,16,21H,3-4,9-10,13-15H2,1-2H3/t21-/m1/s1. The second kappa shape index (κ2) is 9.29. The van der Waals surface area contributed by atoms with Gasteiger partial charge >= 0.3 is 0 Å². The minimum Gasteiger partial charge on any atom is -0.479 e. The quantitative estimate of drug-likeness (QED) is 0.541. The van der Waals surface area contributed by atoms with E-state index in [1.54, 1.807) is 43.0 Å². The topological polar surface area (TPSA) is 83.1 Å². The smallest absolute Gasteiger partial charge is 0.268 e. The summed E-state index contributed by atoms with van der Waals surface area (Å²) in [5.74, 6) is 2.09. The largest absolute Gasteiger partial charge is 0.479 e. The number of carbonyl (C=O) groups excluding carboxylic acids is 3. The van der Waals surface area contributed by atoms with E-state index >= 15 is 0 Å². The van der Waals surface area contributed by atoms with Crippen molar-refractivity contribution >= 4 is 35.2 Å². The molecule has 0 unspecified atom stereocenters. The Hall–Kier alpha value is -3.07. The lowest BCUT2D eigenvalue weighted by atomic mass is 10.1. The van der Waals surface area contributed by atoms with Crippen LogP contribution < -0.4 is 9.64 Å². The first kappa shape index (κ1) is 22.7. The summed E-state index contributed by atoms with van der Waals surface area (Å²) in [6, 6.07) is 9.29. The van der Waals surface area contributed by atoms with Crippen LogP contribution in [0.5, 0.6) is 5.75 Å². The molecule has 1 aromatic carbocycles. The first-order chi connectivity index (χ1) is 16.4. The molecule has 1 atom stereocenters. The van der Waals surface area contributed by atoms with Gasteiger partial charge in [-0.2, -0.15) is 0 Å². The van der Waals surface area contributed by atoms with E-state index in [1.165, 1.54) is 22.6 Å². The number of ether oxygens (including phenoxy) is 1. The van der Waals surface area contributed by atoms with E-state index in [1.807, 2.05) is 24.3 Å². The van der Waals surface area contributed by atoms with E-state index in [-0.39, 0.29) is 24.3 Å². The van der Waals surface area contributed by atoms with Gasteiger partial charge in [0.2, 0.25) is 5.91 Å². The van der Waals surface area contributed by atoms with Crippen LogP contribution in [0.15, 0.2) is 41.6 Å². The van der Waals surface area contributed by atoms with Crippen molar-refractivity contribution < 1.29 is 19.1 Å². The molecule has 2 aromatic rings. The molecular weight excluding hydrogens is 452 g/mol. The SMILES string of the molecule is CN(C)C(=O)CN1Cc2ccc(N3CC[C@@H](Oc4ccc(SCC5CC5)nc4)C3=O)cc2C1=O. The molecule has 1 saturated heterocycles. The van der Waals surface area contributed by atoms with Gasteiger partial charge in [-0.15, -0.1) is 11.8 Å². The molecule has 3 amide bonds. The van der Waals surface area contributed by atoms with Gasteiger partial charge < -0.3 is 19.4 Å². The molecule has 0 N–H and O–H groups in total. The fourth-order valence-corrected chi connectivity index (χ4v) is 5.17. The third-order valence-electron chi connectivity index (χ3n) is 6.42. The first-order valence-corrected chi connectivity index (χ1v) is 12.6. The number of anilines is 1. The molecule has 3 aliphatic rings. The van der Waals surface area contributed by atoms with Crippen LogP contribution >= 0.6 is 11.8 Å². The Balaban J connectivity index is 1.21. The van der Waals surface area contributed by atoms with E-state index in [0.29, 0.717) is 36.5 Å². The molecule has 8 nitrogen and oxygen atoms in total. The molecule has 178 valence electrons. The summed E-state index contributed by atoms with van der Waals surface area (Å²) >= 11 is 1.76. The van der Waals surface area contributed by atoms with Gasteiger partial charge in [0.1, 0.15) is 12.3 Å². The maximum absolute atomic E-state index is 13.1. The van der Waals surface area contributed by atoms with Crippen molar-refractivity contribution in [2.45, 2.75) is 36.9 Å². The van der Waals surface area contributed by atoms with Gasteiger partial charge in [0, 0.05) is 50.6 Å². The van der Waals surface area contributed by atoms with Gasteiger partial charge in [0.25, 0.3) is 11.8 Å². The fraction of sp³-hybridized carbons (Fsp3) is 0.440. The van der Waals surface area contributed by atoms with Crippen LogP contribution in [0, 0.1) is 5.92 Å². The van der Waals surface area contributed by atoms with Crippen LogP contribution in [-0.4, -0.2) is 71.5 Å². The summed E-state index contributed by atoms with van der Waals surface area (Å²) < 4.78 is 5.95. The minimum absolute atomic E-state index is 0.0420. The van der Waals surface area contributed by atoms with Crippen molar-refractivity contribution in [2.24, 2.45) is 5.92 Å². The number of hydrogen-bond donors (Lipinski definition) is 0. The number of fused-ring (bicyclic) bond motifs is 1. The number of thioether (sulfide) groups is 1. The zero-order valence-electron chi connectivity index (χ0n) is 19.4. The summed E-state index contributed by atoms with van der Waals surface area (Å²) in [5, 5.41) is 0.975. The summed E-state index contributed by atoms with van der Waals surface area (Å²) in [6.45, 7) is 0.956. The highest BCUT2D eigenvalue weighted by atomic mass is 32.2. The van der Waals surface area contributed by atoms with Crippen LogP contribution in [0.1, 0.15) is 35.2 Å². The number of pyridine rings is 1. The van der Waals surface area contributed by atoms with Crippen LogP contribution in [0.2, 0.25) is 0 Å². The summed E-state index contributed by atoms with van der Waals surface area (Å²) in [5.41, 5.74) is 2.09. The van der Waals surface area contributed by atoms with E-state index in [0.717, 1.165) is 22.3 Å². The van der Waals surface area contributed by atoms with Crippen molar-refractivity contribution in [2.75, 3.05) is 37.8 Å².